The fraction of sp³-hybridized carbons (Fsp3) is 0.611. The average Bonchev–Trinajstić information content (AvgIpc) is 3.40. The molecule has 1 heterocycles. The number of epoxide rings is 1. The van der Waals surface area contributed by atoms with E-state index in [4.69, 9.17) is 18.9 Å². The summed E-state index contributed by atoms with van der Waals surface area (Å²) >= 11 is 0. The molecule has 0 aromatic heterocycles. The number of carbonyl (C=O) groups excluding carboxylic acids is 3. The predicted octanol–water partition coefficient (Wildman–Crippen LogP) is 1.56. The van der Waals surface area contributed by atoms with Gasteiger partial charge in [-0.05, 0) is 26.7 Å². The van der Waals surface area contributed by atoms with Crippen molar-refractivity contribution in [1.29, 1.82) is 0 Å². The Morgan fingerprint density at radius 1 is 1.20 bits per heavy atom. The van der Waals surface area contributed by atoms with Gasteiger partial charge in [-0.15, -0.1) is 0 Å². The van der Waals surface area contributed by atoms with E-state index in [9.17, 15) is 14.4 Å². The Labute approximate surface area is 146 Å². The summed E-state index contributed by atoms with van der Waals surface area (Å²) in [5, 5.41) is 0. The molecule has 0 aromatic carbocycles. The first kappa shape index (κ1) is 19.2. The molecule has 0 aromatic rings. The summed E-state index contributed by atoms with van der Waals surface area (Å²) in [5.41, 5.74) is -0.729. The van der Waals surface area contributed by atoms with Gasteiger partial charge in [-0.2, -0.15) is 0 Å². The highest BCUT2D eigenvalue weighted by molar-refractivity contribution is 5.87. The first-order valence-electron chi connectivity index (χ1n) is 8.27. The first-order chi connectivity index (χ1) is 11.8. The number of ether oxygens (including phenoxy) is 4. The van der Waals surface area contributed by atoms with E-state index in [1.807, 2.05) is 12.2 Å². The summed E-state index contributed by atoms with van der Waals surface area (Å²) in [5.74, 6) is -2.07. The van der Waals surface area contributed by atoms with Crippen LogP contribution in [0.2, 0.25) is 0 Å². The van der Waals surface area contributed by atoms with Gasteiger partial charge < -0.3 is 18.9 Å². The molecule has 25 heavy (non-hydrogen) atoms. The molecule has 0 amide bonds. The minimum absolute atomic E-state index is 0.0238. The molecule has 0 N–H and O–H groups in total. The van der Waals surface area contributed by atoms with E-state index in [1.165, 1.54) is 6.92 Å². The van der Waals surface area contributed by atoms with Crippen molar-refractivity contribution in [2.45, 2.75) is 32.8 Å². The Morgan fingerprint density at radius 3 is 2.52 bits per heavy atom. The van der Waals surface area contributed by atoms with Crippen LogP contribution >= 0.6 is 0 Å². The van der Waals surface area contributed by atoms with Gasteiger partial charge in [0.25, 0.3) is 0 Å². The Bertz CT molecular complexity index is 576. The van der Waals surface area contributed by atoms with Crippen LogP contribution in [0.25, 0.3) is 0 Å². The Balaban J connectivity index is 1.87. The molecule has 0 saturated carbocycles. The topological polar surface area (TPSA) is 91.4 Å². The maximum atomic E-state index is 12.5. The van der Waals surface area contributed by atoms with Crippen LogP contribution in [0.3, 0.4) is 0 Å². The van der Waals surface area contributed by atoms with Crippen molar-refractivity contribution in [3.8, 4) is 0 Å². The van der Waals surface area contributed by atoms with Gasteiger partial charge in [-0.3, -0.25) is 9.59 Å². The summed E-state index contributed by atoms with van der Waals surface area (Å²) in [6.45, 7) is 7.37. The van der Waals surface area contributed by atoms with E-state index < -0.39 is 29.2 Å². The molecule has 7 heteroatoms. The van der Waals surface area contributed by atoms with Crippen LogP contribution in [-0.2, 0) is 33.3 Å². The van der Waals surface area contributed by atoms with Crippen LogP contribution in [-0.4, -0.2) is 50.4 Å². The van der Waals surface area contributed by atoms with Gasteiger partial charge in [0.2, 0.25) is 0 Å². The zero-order valence-electron chi connectivity index (χ0n) is 14.6. The standard InChI is InChI=1S/C18H24O7/c1-12(2)15(19)22-8-9-23-17(21)18(3)7-5-4-6-14(18)16(20)25-11-13-10-24-13/h4-5,13-14H,1,6-11H2,2-3H3. The van der Waals surface area contributed by atoms with E-state index in [0.717, 1.165) is 0 Å². The minimum atomic E-state index is -1.01. The number of esters is 3. The Morgan fingerprint density at radius 2 is 1.88 bits per heavy atom. The number of rotatable bonds is 8. The van der Waals surface area contributed by atoms with Gasteiger partial charge in [-0.25, -0.2) is 4.79 Å². The van der Waals surface area contributed by atoms with Crippen molar-refractivity contribution in [3.63, 3.8) is 0 Å². The van der Waals surface area contributed by atoms with Gasteiger partial charge >= 0.3 is 17.9 Å². The molecular formula is C18H24O7. The van der Waals surface area contributed by atoms with Gasteiger partial charge in [0.15, 0.2) is 0 Å². The molecule has 1 aliphatic carbocycles. The molecule has 0 bridgehead atoms. The van der Waals surface area contributed by atoms with Crippen LogP contribution in [0.5, 0.6) is 0 Å². The maximum Gasteiger partial charge on any atom is 0.333 e. The molecule has 3 unspecified atom stereocenters. The number of allylic oxidation sites excluding steroid dienone is 2. The lowest BCUT2D eigenvalue weighted by Crippen LogP contribution is -2.43. The van der Waals surface area contributed by atoms with Crippen molar-refractivity contribution in [2.75, 3.05) is 26.4 Å². The SMILES string of the molecule is C=C(C)C(=O)OCCOC(=O)C1(C)CC=CCC1C(=O)OCC1CO1. The molecule has 1 saturated heterocycles. The lowest BCUT2D eigenvalue weighted by Gasteiger charge is -2.35. The highest BCUT2D eigenvalue weighted by Gasteiger charge is 2.47. The third-order valence-electron chi connectivity index (χ3n) is 4.31. The second-order valence-electron chi connectivity index (χ2n) is 6.52. The molecule has 7 nitrogen and oxygen atoms in total. The van der Waals surface area contributed by atoms with Crippen LogP contribution in [0.15, 0.2) is 24.3 Å². The van der Waals surface area contributed by atoms with E-state index in [1.54, 1.807) is 6.92 Å². The minimum Gasteiger partial charge on any atom is -0.463 e. The van der Waals surface area contributed by atoms with Crippen molar-refractivity contribution in [1.82, 2.24) is 0 Å². The summed E-state index contributed by atoms with van der Waals surface area (Å²) in [6, 6.07) is 0. The van der Waals surface area contributed by atoms with E-state index in [-0.39, 0.29) is 31.5 Å². The highest BCUT2D eigenvalue weighted by Crippen LogP contribution is 2.40. The quantitative estimate of drug-likeness (QED) is 0.163. The van der Waals surface area contributed by atoms with E-state index >= 15 is 0 Å². The Kier molecular flexibility index (Phi) is 6.36. The number of carbonyl (C=O) groups is 3. The van der Waals surface area contributed by atoms with E-state index in [2.05, 4.69) is 6.58 Å². The monoisotopic (exact) mass is 352 g/mol. The lowest BCUT2D eigenvalue weighted by molar-refractivity contribution is -0.170. The summed E-state index contributed by atoms with van der Waals surface area (Å²) in [4.78, 5) is 36.1. The fourth-order valence-corrected chi connectivity index (χ4v) is 2.54. The Hall–Kier alpha value is -2.15. The average molecular weight is 352 g/mol. The maximum absolute atomic E-state index is 12.5. The summed E-state index contributed by atoms with van der Waals surface area (Å²) in [6.07, 6.45) is 4.50. The van der Waals surface area contributed by atoms with Crippen molar-refractivity contribution in [2.24, 2.45) is 11.3 Å². The zero-order chi connectivity index (χ0) is 18.4. The van der Waals surface area contributed by atoms with Gasteiger partial charge in [0.05, 0.1) is 17.9 Å². The molecule has 0 radical (unpaired) electrons. The zero-order valence-corrected chi connectivity index (χ0v) is 14.6. The predicted molar refractivity (Wildman–Crippen MR) is 87.4 cm³/mol. The molecule has 2 rings (SSSR count). The van der Waals surface area contributed by atoms with Gasteiger partial charge in [-0.1, -0.05) is 18.7 Å². The van der Waals surface area contributed by atoms with Crippen molar-refractivity contribution in [3.05, 3.63) is 24.3 Å². The third-order valence-corrected chi connectivity index (χ3v) is 4.31. The van der Waals surface area contributed by atoms with Gasteiger partial charge in [0, 0.05) is 5.57 Å². The molecular weight excluding hydrogens is 328 g/mol. The van der Waals surface area contributed by atoms with Crippen molar-refractivity contribution < 1.29 is 33.3 Å². The smallest absolute Gasteiger partial charge is 0.333 e. The van der Waals surface area contributed by atoms with Crippen LogP contribution in [0.4, 0.5) is 0 Å². The molecule has 1 fully saturated rings. The summed E-state index contributed by atoms with van der Waals surface area (Å²) in [7, 11) is 0. The largest absolute Gasteiger partial charge is 0.463 e. The van der Waals surface area contributed by atoms with Crippen molar-refractivity contribution >= 4 is 17.9 Å². The third kappa shape index (κ3) is 5.16. The van der Waals surface area contributed by atoms with Gasteiger partial charge in [0.1, 0.15) is 25.9 Å². The second-order valence-corrected chi connectivity index (χ2v) is 6.52. The van der Waals surface area contributed by atoms with Crippen LogP contribution in [0, 0.1) is 11.3 Å². The van der Waals surface area contributed by atoms with Crippen LogP contribution < -0.4 is 0 Å². The van der Waals surface area contributed by atoms with Crippen LogP contribution in [0.1, 0.15) is 26.7 Å². The highest BCUT2D eigenvalue weighted by atomic mass is 16.6. The first-order valence-corrected chi connectivity index (χ1v) is 8.27. The number of hydrogen-bond donors (Lipinski definition) is 0. The lowest BCUT2D eigenvalue weighted by atomic mass is 9.70. The molecule has 2 aliphatic rings. The molecule has 138 valence electrons. The second kappa shape index (κ2) is 8.29. The van der Waals surface area contributed by atoms with E-state index in [0.29, 0.717) is 19.4 Å². The summed E-state index contributed by atoms with van der Waals surface area (Å²) < 4.78 is 20.4. The normalized spacial score (nSPS) is 27.3. The number of hydrogen-bond acceptors (Lipinski definition) is 7. The molecule has 0 spiro atoms. The fourth-order valence-electron chi connectivity index (χ4n) is 2.54. The molecule has 1 aliphatic heterocycles. The molecule has 3 atom stereocenters.